The number of amides is 1. The highest BCUT2D eigenvalue weighted by Gasteiger charge is 2.34. The summed E-state index contributed by atoms with van der Waals surface area (Å²) in [5.74, 6) is -0.00787. The molecule has 19 heavy (non-hydrogen) atoms. The number of hydrogen-bond donors (Lipinski definition) is 2. The highest BCUT2D eigenvalue weighted by Crippen LogP contribution is 2.29. The predicted molar refractivity (Wildman–Crippen MR) is 80.1 cm³/mol. The van der Waals surface area contributed by atoms with Crippen LogP contribution >= 0.6 is 15.9 Å². The van der Waals surface area contributed by atoms with Gasteiger partial charge < -0.3 is 15.6 Å². The number of aryl methyl sites for hydroxylation is 1. The van der Waals surface area contributed by atoms with Gasteiger partial charge in [-0.15, -0.1) is 0 Å². The number of nitrogens with zero attached hydrogens (tertiary/aromatic N) is 1. The molecular weight excluding hydrogens is 306 g/mol. The number of carbonyl (C=O) groups excluding carboxylic acids is 1. The molecule has 0 spiro atoms. The summed E-state index contributed by atoms with van der Waals surface area (Å²) in [6.45, 7) is 3.48. The van der Waals surface area contributed by atoms with E-state index in [-0.39, 0.29) is 11.4 Å². The molecule has 5 heteroatoms. The smallest absolute Gasteiger partial charge is 0.268 e. The van der Waals surface area contributed by atoms with Crippen molar-refractivity contribution in [1.82, 2.24) is 9.88 Å². The van der Waals surface area contributed by atoms with Crippen LogP contribution in [0.4, 0.5) is 0 Å². The Bertz CT molecular complexity index is 450. The van der Waals surface area contributed by atoms with Gasteiger partial charge in [-0.1, -0.05) is 19.8 Å². The topological polar surface area (TPSA) is 60.0 Å². The first-order valence-electron chi connectivity index (χ1n) is 6.98. The molecule has 1 aromatic rings. The summed E-state index contributed by atoms with van der Waals surface area (Å²) in [5, 5.41) is 3.16. The highest BCUT2D eigenvalue weighted by molar-refractivity contribution is 9.10. The average molecular weight is 328 g/mol. The zero-order valence-electron chi connectivity index (χ0n) is 11.4. The molecule has 1 aromatic heterocycles. The number of rotatable bonds is 5. The summed E-state index contributed by atoms with van der Waals surface area (Å²) >= 11 is 3.44. The van der Waals surface area contributed by atoms with Gasteiger partial charge in [0.05, 0.1) is 5.54 Å². The van der Waals surface area contributed by atoms with Crippen molar-refractivity contribution in [3.8, 4) is 0 Å². The van der Waals surface area contributed by atoms with Crippen LogP contribution in [-0.4, -0.2) is 22.6 Å². The van der Waals surface area contributed by atoms with Crippen LogP contribution in [0.5, 0.6) is 0 Å². The third-order valence-electron chi connectivity index (χ3n) is 3.89. The lowest BCUT2D eigenvalue weighted by molar-refractivity contribution is 0.0893. The van der Waals surface area contributed by atoms with Gasteiger partial charge in [-0.05, 0) is 41.3 Å². The summed E-state index contributed by atoms with van der Waals surface area (Å²) < 4.78 is 2.94. The molecule has 0 bridgehead atoms. The molecule has 1 heterocycles. The van der Waals surface area contributed by atoms with E-state index in [1.54, 1.807) is 0 Å². The maximum atomic E-state index is 12.5. The van der Waals surface area contributed by atoms with E-state index in [1.807, 2.05) is 16.8 Å². The molecule has 0 radical (unpaired) electrons. The summed E-state index contributed by atoms with van der Waals surface area (Å²) in [7, 11) is 0. The minimum absolute atomic E-state index is 0.00787. The van der Waals surface area contributed by atoms with Gasteiger partial charge in [-0.3, -0.25) is 4.79 Å². The van der Waals surface area contributed by atoms with Gasteiger partial charge in [-0.25, -0.2) is 0 Å². The SMILES string of the molecule is CCCn1cc(Br)cc1C(=O)NC1(CN)CCCC1. The van der Waals surface area contributed by atoms with Crippen LogP contribution < -0.4 is 11.1 Å². The van der Waals surface area contributed by atoms with Gasteiger partial charge in [0.25, 0.3) is 5.91 Å². The van der Waals surface area contributed by atoms with Crippen LogP contribution in [-0.2, 0) is 6.54 Å². The van der Waals surface area contributed by atoms with Crippen LogP contribution in [0, 0.1) is 0 Å². The quantitative estimate of drug-likeness (QED) is 0.873. The Labute approximate surface area is 122 Å². The predicted octanol–water partition coefficient (Wildman–Crippen LogP) is 2.66. The summed E-state index contributed by atoms with van der Waals surface area (Å²) in [5.41, 5.74) is 6.39. The number of hydrogen-bond acceptors (Lipinski definition) is 2. The number of halogens is 1. The molecule has 2 rings (SSSR count). The van der Waals surface area contributed by atoms with Crippen molar-refractivity contribution in [3.05, 3.63) is 22.4 Å². The minimum Gasteiger partial charge on any atom is -0.344 e. The molecule has 1 aliphatic carbocycles. The molecule has 1 saturated carbocycles. The first-order valence-corrected chi connectivity index (χ1v) is 7.78. The number of nitrogens with one attached hydrogen (secondary N) is 1. The highest BCUT2D eigenvalue weighted by atomic mass is 79.9. The fraction of sp³-hybridized carbons (Fsp3) is 0.643. The number of aromatic nitrogens is 1. The van der Waals surface area contributed by atoms with Gasteiger partial charge in [-0.2, -0.15) is 0 Å². The normalized spacial score (nSPS) is 17.6. The fourth-order valence-corrected chi connectivity index (χ4v) is 3.29. The fourth-order valence-electron chi connectivity index (χ4n) is 2.83. The maximum Gasteiger partial charge on any atom is 0.268 e. The summed E-state index contributed by atoms with van der Waals surface area (Å²) in [6, 6.07) is 1.88. The largest absolute Gasteiger partial charge is 0.344 e. The lowest BCUT2D eigenvalue weighted by atomic mass is 9.97. The molecule has 1 fully saturated rings. The zero-order valence-corrected chi connectivity index (χ0v) is 13.0. The van der Waals surface area contributed by atoms with Gasteiger partial charge in [0.15, 0.2) is 0 Å². The van der Waals surface area contributed by atoms with Crippen LogP contribution in [0.1, 0.15) is 49.5 Å². The Balaban J connectivity index is 2.15. The van der Waals surface area contributed by atoms with Crippen LogP contribution in [0.2, 0.25) is 0 Å². The second kappa shape index (κ2) is 6.09. The second-order valence-electron chi connectivity index (χ2n) is 5.38. The molecule has 1 amide bonds. The summed E-state index contributed by atoms with van der Waals surface area (Å²) in [4.78, 5) is 12.5. The standard InChI is InChI=1S/C14H22BrN3O/c1-2-7-18-9-11(15)8-12(18)13(19)17-14(10-16)5-3-4-6-14/h8-9H,2-7,10,16H2,1H3,(H,17,19). The van der Waals surface area contributed by atoms with E-state index in [4.69, 9.17) is 5.73 Å². The van der Waals surface area contributed by atoms with E-state index in [0.29, 0.717) is 12.2 Å². The first-order chi connectivity index (χ1) is 9.10. The lowest BCUT2D eigenvalue weighted by Crippen LogP contribution is -2.52. The van der Waals surface area contributed by atoms with Gasteiger partial charge in [0.2, 0.25) is 0 Å². The molecule has 0 aromatic carbocycles. The molecule has 0 aliphatic heterocycles. The van der Waals surface area contributed by atoms with Crippen molar-refractivity contribution in [2.24, 2.45) is 5.73 Å². The zero-order chi connectivity index (χ0) is 13.9. The van der Waals surface area contributed by atoms with E-state index < -0.39 is 0 Å². The number of nitrogens with two attached hydrogens (primary N) is 1. The molecule has 0 atom stereocenters. The molecule has 4 nitrogen and oxygen atoms in total. The van der Waals surface area contributed by atoms with Crippen LogP contribution in [0.15, 0.2) is 16.7 Å². The second-order valence-corrected chi connectivity index (χ2v) is 6.30. The van der Waals surface area contributed by atoms with E-state index >= 15 is 0 Å². The van der Waals surface area contributed by atoms with E-state index in [1.165, 1.54) is 0 Å². The monoisotopic (exact) mass is 327 g/mol. The lowest BCUT2D eigenvalue weighted by Gasteiger charge is -2.28. The minimum atomic E-state index is -0.190. The average Bonchev–Trinajstić information content (AvgIpc) is 2.97. The molecule has 3 N–H and O–H groups in total. The van der Waals surface area contributed by atoms with E-state index in [2.05, 4.69) is 28.2 Å². The van der Waals surface area contributed by atoms with E-state index in [9.17, 15) is 4.79 Å². The first kappa shape index (κ1) is 14.6. The Morgan fingerprint density at radius 1 is 1.53 bits per heavy atom. The third-order valence-corrected chi connectivity index (χ3v) is 4.32. The molecule has 0 saturated heterocycles. The van der Waals surface area contributed by atoms with Gasteiger partial charge in [0.1, 0.15) is 5.69 Å². The Kier molecular flexibility index (Phi) is 4.68. The Morgan fingerprint density at radius 2 is 2.21 bits per heavy atom. The van der Waals surface area contributed by atoms with E-state index in [0.717, 1.165) is 43.1 Å². The van der Waals surface area contributed by atoms with Crippen molar-refractivity contribution < 1.29 is 4.79 Å². The van der Waals surface area contributed by atoms with Gasteiger partial charge in [0, 0.05) is 23.8 Å². The Morgan fingerprint density at radius 3 is 2.79 bits per heavy atom. The molecule has 106 valence electrons. The maximum absolute atomic E-state index is 12.5. The van der Waals surface area contributed by atoms with Crippen molar-refractivity contribution in [3.63, 3.8) is 0 Å². The molecular formula is C14H22BrN3O. The van der Waals surface area contributed by atoms with Crippen LogP contribution in [0.3, 0.4) is 0 Å². The molecule has 1 aliphatic rings. The van der Waals surface area contributed by atoms with Crippen LogP contribution in [0.25, 0.3) is 0 Å². The van der Waals surface area contributed by atoms with Crippen molar-refractivity contribution in [2.45, 2.75) is 51.1 Å². The third kappa shape index (κ3) is 3.20. The van der Waals surface area contributed by atoms with Crippen molar-refractivity contribution in [2.75, 3.05) is 6.54 Å². The van der Waals surface area contributed by atoms with Crippen molar-refractivity contribution in [1.29, 1.82) is 0 Å². The number of carbonyl (C=O) groups is 1. The van der Waals surface area contributed by atoms with Crippen molar-refractivity contribution >= 4 is 21.8 Å². The van der Waals surface area contributed by atoms with Gasteiger partial charge >= 0.3 is 0 Å². The Hall–Kier alpha value is -0.810. The summed E-state index contributed by atoms with van der Waals surface area (Å²) in [6.07, 6.45) is 7.25. The molecule has 0 unspecified atom stereocenters.